The normalized spacial score (nSPS) is 13.0. The summed E-state index contributed by atoms with van der Waals surface area (Å²) in [7, 11) is 1.59. The third-order valence-corrected chi connectivity index (χ3v) is 4.47. The smallest absolute Gasteiger partial charge is 0.259 e. The molecule has 0 radical (unpaired) electrons. The molecule has 0 saturated heterocycles. The number of nitriles is 1. The molecule has 2 aromatic carbocycles. The van der Waals surface area contributed by atoms with Crippen molar-refractivity contribution < 1.29 is 14.3 Å². The molecule has 1 aliphatic rings. The molecular formula is C21H20N2O3. The summed E-state index contributed by atoms with van der Waals surface area (Å²) in [5, 5.41) is 8.99. The van der Waals surface area contributed by atoms with Crippen LogP contribution in [0.25, 0.3) is 6.08 Å². The Morgan fingerprint density at radius 2 is 2.04 bits per heavy atom. The minimum atomic E-state index is -0.751. The van der Waals surface area contributed by atoms with E-state index in [0.29, 0.717) is 17.9 Å². The van der Waals surface area contributed by atoms with E-state index in [9.17, 15) is 4.79 Å². The molecule has 132 valence electrons. The third-order valence-electron chi connectivity index (χ3n) is 4.47. The predicted molar refractivity (Wildman–Crippen MR) is 98.6 cm³/mol. The number of aryl methyl sites for hydroxylation is 2. The molecule has 3 rings (SSSR count). The van der Waals surface area contributed by atoms with Crippen LogP contribution in [0.4, 0.5) is 0 Å². The number of fused-ring (bicyclic) bond motifs is 1. The van der Waals surface area contributed by atoms with Crippen LogP contribution in [0, 0.1) is 11.3 Å². The van der Waals surface area contributed by atoms with E-state index in [1.54, 1.807) is 25.3 Å². The first-order valence-electron chi connectivity index (χ1n) is 8.44. The zero-order chi connectivity index (χ0) is 18.5. The molecule has 0 atom stereocenters. The van der Waals surface area contributed by atoms with Gasteiger partial charge in [0.1, 0.15) is 29.7 Å². The Kier molecular flexibility index (Phi) is 5.23. The number of methoxy groups -OCH3 is 1. The number of hydrogen-bond donors (Lipinski definition) is 1. The first kappa shape index (κ1) is 17.6. The van der Waals surface area contributed by atoms with E-state index < -0.39 is 5.91 Å². The molecule has 1 amide bonds. The van der Waals surface area contributed by atoms with Crippen molar-refractivity contribution in [1.29, 1.82) is 5.26 Å². The van der Waals surface area contributed by atoms with Crippen LogP contribution in [0.2, 0.25) is 0 Å². The van der Waals surface area contributed by atoms with Gasteiger partial charge in [-0.2, -0.15) is 5.26 Å². The van der Waals surface area contributed by atoms with Gasteiger partial charge < -0.3 is 15.2 Å². The van der Waals surface area contributed by atoms with Crippen LogP contribution in [-0.4, -0.2) is 13.0 Å². The quantitative estimate of drug-likeness (QED) is 0.642. The van der Waals surface area contributed by atoms with Crippen molar-refractivity contribution in [3.05, 3.63) is 64.2 Å². The summed E-state index contributed by atoms with van der Waals surface area (Å²) in [6.07, 6.45) is 4.89. The highest BCUT2D eigenvalue weighted by Gasteiger charge is 2.12. The number of nitrogens with two attached hydrogens (primary N) is 1. The summed E-state index contributed by atoms with van der Waals surface area (Å²) in [6.45, 7) is 0.322. The highest BCUT2D eigenvalue weighted by atomic mass is 16.5. The highest BCUT2D eigenvalue weighted by Crippen LogP contribution is 2.28. The van der Waals surface area contributed by atoms with Gasteiger partial charge in [-0.15, -0.1) is 0 Å². The fourth-order valence-electron chi connectivity index (χ4n) is 3.13. The van der Waals surface area contributed by atoms with Gasteiger partial charge in [0.25, 0.3) is 5.91 Å². The van der Waals surface area contributed by atoms with Crippen molar-refractivity contribution >= 4 is 12.0 Å². The highest BCUT2D eigenvalue weighted by molar-refractivity contribution is 6.00. The monoisotopic (exact) mass is 348 g/mol. The van der Waals surface area contributed by atoms with Crippen LogP contribution in [0.3, 0.4) is 0 Å². The summed E-state index contributed by atoms with van der Waals surface area (Å²) in [5.41, 5.74) is 9.36. The molecule has 5 heteroatoms. The molecule has 0 heterocycles. The number of hydrogen-bond acceptors (Lipinski definition) is 4. The molecule has 5 nitrogen and oxygen atoms in total. The summed E-state index contributed by atoms with van der Waals surface area (Å²) < 4.78 is 11.3. The average molecular weight is 348 g/mol. The molecule has 0 bridgehead atoms. The number of rotatable bonds is 6. The van der Waals surface area contributed by atoms with E-state index in [2.05, 4.69) is 12.1 Å². The fraction of sp³-hybridized carbons (Fsp3) is 0.238. The Hall–Kier alpha value is -3.26. The molecule has 0 saturated carbocycles. The first-order valence-corrected chi connectivity index (χ1v) is 8.44. The van der Waals surface area contributed by atoms with Gasteiger partial charge in [0, 0.05) is 5.56 Å². The van der Waals surface area contributed by atoms with Gasteiger partial charge in [-0.05, 0) is 66.3 Å². The maximum absolute atomic E-state index is 11.2. The molecule has 0 aliphatic heterocycles. The van der Waals surface area contributed by atoms with Crippen LogP contribution in [-0.2, 0) is 24.2 Å². The summed E-state index contributed by atoms with van der Waals surface area (Å²) in [6, 6.07) is 13.4. The van der Waals surface area contributed by atoms with Crippen molar-refractivity contribution in [2.45, 2.75) is 25.9 Å². The Bertz CT molecular complexity index is 910. The minimum absolute atomic E-state index is 0.0966. The second-order valence-corrected chi connectivity index (χ2v) is 6.18. The van der Waals surface area contributed by atoms with Crippen molar-refractivity contribution in [1.82, 2.24) is 0 Å². The number of nitrogens with zero attached hydrogens (tertiary/aromatic N) is 1. The van der Waals surface area contributed by atoms with Crippen molar-refractivity contribution in [3.8, 4) is 17.6 Å². The zero-order valence-corrected chi connectivity index (χ0v) is 14.6. The maximum atomic E-state index is 11.2. The molecular weight excluding hydrogens is 328 g/mol. The SMILES string of the molecule is COc1ccc(C=C(C#N)C(N)=O)cc1COc1ccc2c(c1)CCC2. The molecule has 0 fully saturated rings. The standard InChI is InChI=1S/C21H20N2O3/c1-25-20-8-5-14(9-17(12-22)21(23)24)10-18(20)13-26-19-7-6-15-3-2-4-16(15)11-19/h5-11H,2-4,13H2,1H3,(H2,23,24). The molecule has 0 aromatic heterocycles. The molecule has 0 spiro atoms. The van der Waals surface area contributed by atoms with Gasteiger partial charge in [0.05, 0.1) is 7.11 Å². The second-order valence-electron chi connectivity index (χ2n) is 6.18. The van der Waals surface area contributed by atoms with Crippen LogP contribution >= 0.6 is 0 Å². The molecule has 2 N–H and O–H groups in total. The van der Waals surface area contributed by atoms with E-state index in [1.807, 2.05) is 12.1 Å². The van der Waals surface area contributed by atoms with E-state index in [0.717, 1.165) is 24.2 Å². The average Bonchev–Trinajstić information content (AvgIpc) is 3.12. The summed E-state index contributed by atoms with van der Waals surface area (Å²) in [4.78, 5) is 11.2. The van der Waals surface area contributed by atoms with Gasteiger partial charge in [0.2, 0.25) is 0 Å². The van der Waals surface area contributed by atoms with Gasteiger partial charge in [0.15, 0.2) is 0 Å². The van der Waals surface area contributed by atoms with E-state index in [1.165, 1.54) is 23.6 Å². The fourth-order valence-corrected chi connectivity index (χ4v) is 3.13. The molecule has 26 heavy (non-hydrogen) atoms. The van der Waals surface area contributed by atoms with Crippen LogP contribution in [0.15, 0.2) is 42.0 Å². The molecule has 0 unspecified atom stereocenters. The first-order chi connectivity index (χ1) is 12.6. The van der Waals surface area contributed by atoms with Gasteiger partial charge in [-0.1, -0.05) is 12.1 Å². The lowest BCUT2D eigenvalue weighted by molar-refractivity contribution is -0.114. The van der Waals surface area contributed by atoms with Crippen molar-refractivity contribution in [2.75, 3.05) is 7.11 Å². The van der Waals surface area contributed by atoms with Crippen LogP contribution < -0.4 is 15.2 Å². The number of carbonyl (C=O) groups excluding carboxylic acids is 1. The van der Waals surface area contributed by atoms with Crippen molar-refractivity contribution in [2.24, 2.45) is 5.73 Å². The lowest BCUT2D eigenvalue weighted by Crippen LogP contribution is -2.12. The predicted octanol–water partition coefficient (Wildman–Crippen LogP) is 3.16. The number of carbonyl (C=O) groups is 1. The minimum Gasteiger partial charge on any atom is -0.496 e. The largest absolute Gasteiger partial charge is 0.496 e. The Balaban J connectivity index is 1.81. The van der Waals surface area contributed by atoms with Crippen LogP contribution in [0.5, 0.6) is 11.5 Å². The Labute approximate surface area is 152 Å². The second kappa shape index (κ2) is 7.75. The molecule has 2 aromatic rings. The van der Waals surface area contributed by atoms with Gasteiger partial charge in [-0.3, -0.25) is 4.79 Å². The summed E-state index contributed by atoms with van der Waals surface area (Å²) >= 11 is 0. The maximum Gasteiger partial charge on any atom is 0.259 e. The number of amides is 1. The lowest BCUT2D eigenvalue weighted by atomic mass is 10.1. The number of ether oxygens (including phenoxy) is 2. The van der Waals surface area contributed by atoms with E-state index in [4.69, 9.17) is 20.5 Å². The number of benzene rings is 2. The van der Waals surface area contributed by atoms with Gasteiger partial charge in [-0.25, -0.2) is 0 Å². The lowest BCUT2D eigenvalue weighted by Gasteiger charge is -2.12. The van der Waals surface area contributed by atoms with E-state index >= 15 is 0 Å². The van der Waals surface area contributed by atoms with Crippen molar-refractivity contribution in [3.63, 3.8) is 0 Å². The van der Waals surface area contributed by atoms with Crippen LogP contribution in [0.1, 0.15) is 28.7 Å². The summed E-state index contributed by atoms with van der Waals surface area (Å²) in [5.74, 6) is 0.753. The van der Waals surface area contributed by atoms with Gasteiger partial charge >= 0.3 is 0 Å². The third kappa shape index (κ3) is 3.86. The molecule has 1 aliphatic carbocycles. The Morgan fingerprint density at radius 1 is 1.23 bits per heavy atom. The topological polar surface area (TPSA) is 85.3 Å². The zero-order valence-electron chi connectivity index (χ0n) is 14.6. The number of primary amides is 1. The Morgan fingerprint density at radius 3 is 2.77 bits per heavy atom. The van der Waals surface area contributed by atoms with E-state index in [-0.39, 0.29) is 5.57 Å².